The Labute approximate surface area is 88.4 Å². The highest BCUT2D eigenvalue weighted by atomic mass is 14.2. The van der Waals surface area contributed by atoms with Crippen LogP contribution in [-0.2, 0) is 0 Å². The number of rotatable bonds is 1. The maximum absolute atomic E-state index is 2.26. The van der Waals surface area contributed by atoms with Crippen LogP contribution in [0, 0.1) is 26.7 Å². The Morgan fingerprint density at radius 1 is 1.07 bits per heavy atom. The fourth-order valence-corrected chi connectivity index (χ4v) is 1.42. The molecule has 0 heterocycles. The molecule has 1 aliphatic carbocycles. The Balaban J connectivity index is 0.000000165. The molecule has 0 aliphatic heterocycles. The standard InChI is InChI=1S/C9H12.C5H10/c1-7-5-4-6-8(2)9(7)3;1-2-5-3-4-5/h4-6H,1-3H3;5H,2-4H2,1H3. The molecule has 0 amide bonds. The first kappa shape index (κ1) is 11.3. The lowest BCUT2D eigenvalue weighted by molar-refractivity contribution is 0.799. The van der Waals surface area contributed by atoms with Gasteiger partial charge in [0.15, 0.2) is 0 Å². The van der Waals surface area contributed by atoms with E-state index in [1.807, 2.05) is 0 Å². The van der Waals surface area contributed by atoms with E-state index in [-0.39, 0.29) is 0 Å². The van der Waals surface area contributed by atoms with Gasteiger partial charge in [-0.2, -0.15) is 0 Å². The molecule has 0 bridgehead atoms. The molecule has 1 aliphatic rings. The maximum atomic E-state index is 2.26. The van der Waals surface area contributed by atoms with Crippen molar-refractivity contribution in [1.29, 1.82) is 0 Å². The van der Waals surface area contributed by atoms with E-state index in [4.69, 9.17) is 0 Å². The molecule has 0 heteroatoms. The van der Waals surface area contributed by atoms with E-state index < -0.39 is 0 Å². The third kappa shape index (κ3) is 3.53. The van der Waals surface area contributed by atoms with Gasteiger partial charge in [0, 0.05) is 0 Å². The summed E-state index contributed by atoms with van der Waals surface area (Å²) in [7, 11) is 0. The van der Waals surface area contributed by atoms with E-state index in [9.17, 15) is 0 Å². The van der Waals surface area contributed by atoms with Crippen molar-refractivity contribution in [3.63, 3.8) is 0 Å². The molecule has 78 valence electrons. The molecule has 0 nitrogen and oxygen atoms in total. The predicted octanol–water partition coefficient (Wildman–Crippen LogP) is 4.42. The second-order valence-corrected chi connectivity index (χ2v) is 4.37. The van der Waals surface area contributed by atoms with Crippen molar-refractivity contribution < 1.29 is 0 Å². The quantitative estimate of drug-likeness (QED) is 0.615. The van der Waals surface area contributed by atoms with Gasteiger partial charge in [-0.05, 0) is 43.4 Å². The Morgan fingerprint density at radius 2 is 1.57 bits per heavy atom. The molecule has 1 saturated carbocycles. The fraction of sp³-hybridized carbons (Fsp3) is 0.571. The molecule has 1 aromatic carbocycles. The number of benzene rings is 1. The van der Waals surface area contributed by atoms with Gasteiger partial charge in [0.05, 0.1) is 0 Å². The van der Waals surface area contributed by atoms with E-state index in [2.05, 4.69) is 45.9 Å². The average Bonchev–Trinajstić information content (AvgIpc) is 2.98. The lowest BCUT2D eigenvalue weighted by Gasteiger charge is -2.00. The number of aryl methyl sites for hydroxylation is 2. The maximum Gasteiger partial charge on any atom is -0.0392 e. The van der Waals surface area contributed by atoms with Gasteiger partial charge in [-0.15, -0.1) is 0 Å². The van der Waals surface area contributed by atoms with Crippen molar-refractivity contribution in [1.82, 2.24) is 0 Å². The van der Waals surface area contributed by atoms with Crippen molar-refractivity contribution in [2.75, 3.05) is 0 Å². The lowest BCUT2D eigenvalue weighted by atomic mass is 10.1. The minimum absolute atomic E-state index is 1.13. The van der Waals surface area contributed by atoms with Crippen molar-refractivity contribution in [2.24, 2.45) is 5.92 Å². The third-order valence-corrected chi connectivity index (χ3v) is 3.15. The Bertz CT molecular complexity index is 262. The van der Waals surface area contributed by atoms with Crippen LogP contribution in [0.2, 0.25) is 0 Å². The van der Waals surface area contributed by atoms with Gasteiger partial charge in [0.2, 0.25) is 0 Å². The van der Waals surface area contributed by atoms with Crippen molar-refractivity contribution in [3.8, 4) is 0 Å². The molecule has 0 spiro atoms. The van der Waals surface area contributed by atoms with Crippen LogP contribution in [0.5, 0.6) is 0 Å². The predicted molar refractivity (Wildman–Crippen MR) is 63.7 cm³/mol. The first-order valence-corrected chi connectivity index (χ1v) is 5.68. The van der Waals surface area contributed by atoms with E-state index in [0.29, 0.717) is 0 Å². The molecule has 1 aromatic rings. The van der Waals surface area contributed by atoms with Gasteiger partial charge < -0.3 is 0 Å². The molecule has 0 unspecified atom stereocenters. The van der Waals surface area contributed by atoms with Crippen LogP contribution in [0.3, 0.4) is 0 Å². The van der Waals surface area contributed by atoms with Crippen LogP contribution in [0.1, 0.15) is 42.9 Å². The van der Waals surface area contributed by atoms with Crippen LogP contribution >= 0.6 is 0 Å². The van der Waals surface area contributed by atoms with E-state index in [1.165, 1.54) is 36.0 Å². The van der Waals surface area contributed by atoms with Crippen molar-refractivity contribution >= 4 is 0 Å². The SMILES string of the molecule is CCC1CC1.Cc1cccc(C)c1C. The Kier molecular flexibility index (Phi) is 4.19. The highest BCUT2D eigenvalue weighted by molar-refractivity contribution is 5.31. The van der Waals surface area contributed by atoms with E-state index in [0.717, 1.165) is 5.92 Å². The first-order chi connectivity index (χ1) is 6.65. The third-order valence-electron chi connectivity index (χ3n) is 3.15. The largest absolute Gasteiger partial charge is 0.0651 e. The summed E-state index contributed by atoms with van der Waals surface area (Å²) in [6, 6.07) is 6.38. The summed E-state index contributed by atoms with van der Waals surface area (Å²) in [5.41, 5.74) is 4.18. The lowest BCUT2D eigenvalue weighted by Crippen LogP contribution is -1.82. The zero-order valence-electron chi connectivity index (χ0n) is 9.93. The monoisotopic (exact) mass is 190 g/mol. The smallest absolute Gasteiger partial charge is 0.0392 e. The van der Waals surface area contributed by atoms with Gasteiger partial charge in [-0.1, -0.05) is 44.4 Å². The van der Waals surface area contributed by atoms with Gasteiger partial charge >= 0.3 is 0 Å². The number of hydrogen-bond donors (Lipinski definition) is 0. The summed E-state index contributed by atoms with van der Waals surface area (Å²) in [5.74, 6) is 1.13. The van der Waals surface area contributed by atoms with E-state index >= 15 is 0 Å². The van der Waals surface area contributed by atoms with Crippen molar-refractivity contribution in [2.45, 2.75) is 47.0 Å². The van der Waals surface area contributed by atoms with Crippen LogP contribution in [0.15, 0.2) is 18.2 Å². The summed E-state index contributed by atoms with van der Waals surface area (Å²) in [6.45, 7) is 8.70. The van der Waals surface area contributed by atoms with Gasteiger partial charge in [-0.25, -0.2) is 0 Å². The highest BCUT2D eigenvalue weighted by Crippen LogP contribution is 2.31. The molecule has 1 fully saturated rings. The van der Waals surface area contributed by atoms with Crippen LogP contribution in [0.25, 0.3) is 0 Å². The van der Waals surface area contributed by atoms with Crippen LogP contribution in [0.4, 0.5) is 0 Å². The van der Waals surface area contributed by atoms with Crippen LogP contribution in [-0.4, -0.2) is 0 Å². The summed E-state index contributed by atoms with van der Waals surface area (Å²) in [4.78, 5) is 0. The van der Waals surface area contributed by atoms with Gasteiger partial charge in [-0.3, -0.25) is 0 Å². The second-order valence-electron chi connectivity index (χ2n) is 4.37. The minimum Gasteiger partial charge on any atom is -0.0651 e. The summed E-state index contributed by atoms with van der Waals surface area (Å²) in [6.07, 6.45) is 4.44. The minimum atomic E-state index is 1.13. The van der Waals surface area contributed by atoms with Gasteiger partial charge in [0.1, 0.15) is 0 Å². The summed E-state index contributed by atoms with van der Waals surface area (Å²) in [5, 5.41) is 0. The molecule has 0 aromatic heterocycles. The molecule has 0 radical (unpaired) electrons. The average molecular weight is 190 g/mol. The molecule has 2 rings (SSSR count). The molecule has 14 heavy (non-hydrogen) atoms. The Hall–Kier alpha value is -0.780. The van der Waals surface area contributed by atoms with Gasteiger partial charge in [0.25, 0.3) is 0 Å². The first-order valence-electron chi connectivity index (χ1n) is 5.68. The normalized spacial score (nSPS) is 14.6. The van der Waals surface area contributed by atoms with Crippen LogP contribution < -0.4 is 0 Å². The molecular weight excluding hydrogens is 168 g/mol. The molecule has 0 N–H and O–H groups in total. The zero-order valence-corrected chi connectivity index (χ0v) is 9.93. The fourth-order valence-electron chi connectivity index (χ4n) is 1.42. The topological polar surface area (TPSA) is 0 Å². The summed E-state index contributed by atoms with van der Waals surface area (Å²) >= 11 is 0. The Morgan fingerprint density at radius 3 is 1.79 bits per heavy atom. The molecule has 0 atom stereocenters. The van der Waals surface area contributed by atoms with E-state index in [1.54, 1.807) is 0 Å². The summed E-state index contributed by atoms with van der Waals surface area (Å²) < 4.78 is 0. The molecule has 0 saturated heterocycles. The molecular formula is C14H22. The number of hydrogen-bond acceptors (Lipinski definition) is 0. The second kappa shape index (κ2) is 5.19. The highest BCUT2D eigenvalue weighted by Gasteiger charge is 2.17. The van der Waals surface area contributed by atoms with Crippen molar-refractivity contribution in [3.05, 3.63) is 34.9 Å². The zero-order chi connectivity index (χ0) is 10.6.